The first-order valence-corrected chi connectivity index (χ1v) is 7.40. The molecular formula is C15H15F5N2O4. The van der Waals surface area contributed by atoms with Crippen molar-refractivity contribution in [1.29, 1.82) is 0 Å². The molecule has 11 heteroatoms. The Balaban J connectivity index is 2.66. The number of nitrogens with one attached hydrogen (secondary N) is 1. The molecule has 26 heavy (non-hydrogen) atoms. The van der Waals surface area contributed by atoms with Gasteiger partial charge in [-0.15, -0.1) is 0 Å². The third-order valence-corrected chi connectivity index (χ3v) is 4.12. The van der Waals surface area contributed by atoms with Gasteiger partial charge in [0.1, 0.15) is 5.92 Å². The number of urea groups is 1. The molecule has 2 rings (SSSR count). The molecule has 0 spiro atoms. The summed E-state index contributed by atoms with van der Waals surface area (Å²) < 4.78 is 72.1. The lowest BCUT2D eigenvalue weighted by molar-refractivity contribution is -0.328. The Labute approximate surface area is 144 Å². The van der Waals surface area contributed by atoms with Gasteiger partial charge in [0.2, 0.25) is 0 Å². The Kier molecular flexibility index (Phi) is 5.13. The Morgan fingerprint density at radius 3 is 2.46 bits per heavy atom. The Morgan fingerprint density at radius 1 is 1.35 bits per heavy atom. The van der Waals surface area contributed by atoms with Gasteiger partial charge < -0.3 is 15.2 Å². The number of rotatable bonds is 3. The smallest absolute Gasteiger partial charge is 0.437 e. The predicted octanol–water partition coefficient (Wildman–Crippen LogP) is 2.09. The van der Waals surface area contributed by atoms with Crippen LogP contribution in [0.2, 0.25) is 0 Å². The van der Waals surface area contributed by atoms with E-state index < -0.39 is 47.5 Å². The van der Waals surface area contributed by atoms with Crippen molar-refractivity contribution in [1.82, 2.24) is 10.2 Å². The van der Waals surface area contributed by atoms with Gasteiger partial charge in [-0.3, -0.25) is 9.69 Å². The van der Waals surface area contributed by atoms with Crippen molar-refractivity contribution in [3.8, 4) is 0 Å². The minimum absolute atomic E-state index is 0.0784. The highest BCUT2D eigenvalue weighted by atomic mass is 19.4. The summed E-state index contributed by atoms with van der Waals surface area (Å²) in [6, 6.07) is -1.10. The van der Waals surface area contributed by atoms with Crippen LogP contribution >= 0.6 is 0 Å². The molecule has 1 aromatic rings. The maximum absolute atomic E-state index is 13.6. The number of nitrogens with zero attached hydrogens (tertiary/aromatic N) is 1. The van der Waals surface area contributed by atoms with Crippen molar-refractivity contribution in [3.63, 3.8) is 0 Å². The van der Waals surface area contributed by atoms with Crippen molar-refractivity contribution in [2.75, 3.05) is 13.7 Å². The van der Waals surface area contributed by atoms with Gasteiger partial charge in [-0.1, -0.05) is 6.07 Å². The number of amides is 2. The van der Waals surface area contributed by atoms with E-state index in [9.17, 15) is 36.6 Å². The molecule has 144 valence electrons. The number of carbonyl (C=O) groups excluding carboxylic acids is 2. The van der Waals surface area contributed by atoms with E-state index in [0.29, 0.717) is 19.2 Å². The van der Waals surface area contributed by atoms with Crippen LogP contribution in [0.4, 0.5) is 26.7 Å². The van der Waals surface area contributed by atoms with Crippen LogP contribution in [0.1, 0.15) is 18.5 Å². The highest BCUT2D eigenvalue weighted by Gasteiger charge is 2.69. The van der Waals surface area contributed by atoms with E-state index in [2.05, 4.69) is 10.1 Å². The SMILES string of the molecule is CCOC(=O)[C@@H]1[C@H](c2ccc(F)c(F)c2)NC(=O)N(C)[C@]1(O)C(F)(F)F. The molecule has 6 nitrogen and oxygen atoms in total. The number of halogens is 5. The summed E-state index contributed by atoms with van der Waals surface area (Å²) in [4.78, 5) is 24.1. The Morgan fingerprint density at radius 2 is 1.96 bits per heavy atom. The standard InChI is InChI=1S/C15H15F5N2O4/c1-3-26-12(23)10-11(7-4-5-8(16)9(17)6-7)21-13(24)22(2)14(10,25)15(18,19)20/h4-6,10-11,25H,3H2,1-2H3,(H,21,24)/t10-,11-,14+/m0/s1. The summed E-state index contributed by atoms with van der Waals surface area (Å²) in [6.07, 6.45) is -5.44. The van der Waals surface area contributed by atoms with Crippen LogP contribution < -0.4 is 5.32 Å². The van der Waals surface area contributed by atoms with E-state index >= 15 is 0 Å². The minimum atomic E-state index is -5.44. The average Bonchev–Trinajstić information content (AvgIpc) is 2.54. The van der Waals surface area contributed by atoms with E-state index in [0.717, 1.165) is 6.07 Å². The summed E-state index contributed by atoms with van der Waals surface area (Å²) in [5.41, 5.74) is -4.26. The molecule has 1 heterocycles. The maximum atomic E-state index is 13.6. The monoisotopic (exact) mass is 382 g/mol. The lowest BCUT2D eigenvalue weighted by Gasteiger charge is -2.49. The first-order valence-electron chi connectivity index (χ1n) is 7.40. The van der Waals surface area contributed by atoms with Crippen LogP contribution in [0, 0.1) is 17.6 Å². The summed E-state index contributed by atoms with van der Waals surface area (Å²) in [5, 5.41) is 12.4. The topological polar surface area (TPSA) is 78.9 Å². The highest BCUT2D eigenvalue weighted by Crippen LogP contribution is 2.46. The fourth-order valence-corrected chi connectivity index (χ4v) is 2.79. The summed E-state index contributed by atoms with van der Waals surface area (Å²) in [5.74, 6) is -6.51. The van der Waals surface area contributed by atoms with E-state index in [1.165, 1.54) is 6.92 Å². The van der Waals surface area contributed by atoms with Crippen LogP contribution in [0.15, 0.2) is 18.2 Å². The fraction of sp³-hybridized carbons (Fsp3) is 0.467. The number of hydrogen-bond donors (Lipinski definition) is 2. The van der Waals surface area contributed by atoms with E-state index in [1.807, 2.05) is 0 Å². The van der Waals surface area contributed by atoms with Crippen molar-refractivity contribution in [2.24, 2.45) is 5.92 Å². The first-order chi connectivity index (χ1) is 11.9. The number of hydrogen-bond acceptors (Lipinski definition) is 4. The zero-order chi connectivity index (χ0) is 19.9. The summed E-state index contributed by atoms with van der Waals surface area (Å²) >= 11 is 0. The van der Waals surface area contributed by atoms with E-state index in [1.54, 1.807) is 0 Å². The summed E-state index contributed by atoms with van der Waals surface area (Å²) in [7, 11) is 0.649. The summed E-state index contributed by atoms with van der Waals surface area (Å²) in [6.45, 7) is 1.04. The van der Waals surface area contributed by atoms with Crippen LogP contribution in [-0.4, -0.2) is 47.6 Å². The third-order valence-electron chi connectivity index (χ3n) is 4.12. The van der Waals surface area contributed by atoms with Crippen LogP contribution in [0.5, 0.6) is 0 Å². The number of aliphatic hydroxyl groups is 1. The molecule has 2 N–H and O–H groups in total. The number of benzene rings is 1. The minimum Gasteiger partial charge on any atom is -0.466 e. The number of esters is 1. The Bertz CT molecular complexity index is 726. The first kappa shape index (κ1) is 19.9. The molecule has 0 radical (unpaired) electrons. The van der Waals surface area contributed by atoms with Crippen LogP contribution in [0.3, 0.4) is 0 Å². The van der Waals surface area contributed by atoms with Gasteiger partial charge in [0, 0.05) is 7.05 Å². The normalized spacial score (nSPS) is 26.5. The predicted molar refractivity (Wildman–Crippen MR) is 76.5 cm³/mol. The maximum Gasteiger partial charge on any atom is 0.437 e. The second-order valence-corrected chi connectivity index (χ2v) is 5.61. The Hall–Kier alpha value is -2.43. The number of alkyl halides is 3. The zero-order valence-corrected chi connectivity index (χ0v) is 13.6. The third kappa shape index (κ3) is 3.06. The second kappa shape index (κ2) is 6.71. The molecule has 0 aromatic heterocycles. The molecule has 3 atom stereocenters. The number of ether oxygens (including phenoxy) is 1. The second-order valence-electron chi connectivity index (χ2n) is 5.61. The molecule has 1 aliphatic rings. The van der Waals surface area contributed by atoms with Gasteiger partial charge in [0.25, 0.3) is 5.72 Å². The average molecular weight is 382 g/mol. The largest absolute Gasteiger partial charge is 0.466 e. The lowest BCUT2D eigenvalue weighted by Crippen LogP contribution is -2.73. The molecule has 1 fully saturated rings. The van der Waals surface area contributed by atoms with Crippen molar-refractivity contribution in [3.05, 3.63) is 35.4 Å². The van der Waals surface area contributed by atoms with E-state index in [-0.39, 0.29) is 17.1 Å². The van der Waals surface area contributed by atoms with Gasteiger partial charge in [-0.05, 0) is 24.6 Å². The highest BCUT2D eigenvalue weighted by molar-refractivity contribution is 5.83. The van der Waals surface area contributed by atoms with E-state index in [4.69, 9.17) is 0 Å². The lowest BCUT2D eigenvalue weighted by atomic mass is 9.81. The van der Waals surface area contributed by atoms with Crippen molar-refractivity contribution < 1.29 is 41.4 Å². The van der Waals surface area contributed by atoms with Crippen molar-refractivity contribution >= 4 is 12.0 Å². The molecule has 0 aliphatic carbocycles. The molecule has 1 aromatic carbocycles. The molecule has 0 bridgehead atoms. The van der Waals surface area contributed by atoms with Gasteiger partial charge in [-0.2, -0.15) is 13.2 Å². The quantitative estimate of drug-likeness (QED) is 0.620. The molecule has 1 aliphatic heterocycles. The fourth-order valence-electron chi connectivity index (χ4n) is 2.79. The van der Waals surface area contributed by atoms with Gasteiger partial charge in [-0.25, -0.2) is 13.6 Å². The molecule has 0 saturated carbocycles. The molecular weight excluding hydrogens is 367 g/mol. The van der Waals surface area contributed by atoms with Gasteiger partial charge in [0.15, 0.2) is 11.6 Å². The van der Waals surface area contributed by atoms with Gasteiger partial charge >= 0.3 is 18.2 Å². The molecule has 2 amide bonds. The van der Waals surface area contributed by atoms with Crippen LogP contribution in [0.25, 0.3) is 0 Å². The van der Waals surface area contributed by atoms with Crippen molar-refractivity contribution in [2.45, 2.75) is 24.9 Å². The molecule has 0 unspecified atom stereocenters. The molecule has 1 saturated heterocycles. The number of carbonyl (C=O) groups is 2. The van der Waals surface area contributed by atoms with Crippen LogP contribution in [-0.2, 0) is 9.53 Å². The van der Waals surface area contributed by atoms with Gasteiger partial charge in [0.05, 0.1) is 12.6 Å². The zero-order valence-electron chi connectivity index (χ0n) is 13.6.